The van der Waals surface area contributed by atoms with Crippen LogP contribution in [0.5, 0.6) is 0 Å². The third-order valence-corrected chi connectivity index (χ3v) is 5.11. The molecule has 1 saturated heterocycles. The standard InChI is InChI=1S/C23H22N6O/c1-25-14-17-9-10-20(28-21(17)22(30)18-8-5-11-27-23(18)24)29-13-12-26-19(15-29)16-6-3-2-4-7-16/h2-11,19,26H,12-13,15H2,1H3,(H-,24,27,30)/p+1. The molecule has 4 rings (SSSR count). The van der Waals surface area contributed by atoms with Crippen LogP contribution in [0, 0.1) is 6.07 Å². The molecule has 0 saturated carbocycles. The Bertz CT molecular complexity index is 1120. The lowest BCUT2D eigenvalue weighted by molar-refractivity contribution is 0.103. The van der Waals surface area contributed by atoms with E-state index >= 15 is 0 Å². The number of nitrogens with one attached hydrogen (secondary N) is 1. The Morgan fingerprint density at radius 1 is 1.20 bits per heavy atom. The van der Waals surface area contributed by atoms with Gasteiger partial charge in [0.05, 0.1) is 5.56 Å². The van der Waals surface area contributed by atoms with Crippen molar-refractivity contribution in [3.05, 3.63) is 88.0 Å². The molecule has 0 aliphatic carbocycles. The number of carbonyl (C=O) groups excluding carboxylic acids is 1. The van der Waals surface area contributed by atoms with Crippen LogP contribution in [0.4, 0.5) is 11.6 Å². The van der Waals surface area contributed by atoms with Gasteiger partial charge in [-0.05, 0) is 29.8 Å². The topological polar surface area (TPSA) is 88.5 Å². The molecule has 1 aliphatic heterocycles. The number of carbonyl (C=O) groups is 1. The lowest BCUT2D eigenvalue weighted by Crippen LogP contribution is -2.46. The molecule has 0 spiro atoms. The van der Waals surface area contributed by atoms with E-state index in [4.69, 9.17) is 10.7 Å². The maximum Gasteiger partial charge on any atom is 0.313 e. The van der Waals surface area contributed by atoms with Gasteiger partial charge in [0, 0.05) is 31.9 Å². The van der Waals surface area contributed by atoms with Gasteiger partial charge in [0.25, 0.3) is 7.05 Å². The molecular weight excluding hydrogens is 376 g/mol. The van der Waals surface area contributed by atoms with Gasteiger partial charge in [0.15, 0.2) is 0 Å². The summed E-state index contributed by atoms with van der Waals surface area (Å²) < 4.78 is 0. The summed E-state index contributed by atoms with van der Waals surface area (Å²) >= 11 is 0. The molecule has 0 bridgehead atoms. The predicted octanol–water partition coefficient (Wildman–Crippen LogP) is 2.75. The lowest BCUT2D eigenvalue weighted by atomic mass is 10.0. The minimum atomic E-state index is -0.289. The van der Waals surface area contributed by atoms with Crippen molar-refractivity contribution in [3.63, 3.8) is 0 Å². The Morgan fingerprint density at radius 2 is 2.03 bits per heavy atom. The average Bonchev–Trinajstić information content (AvgIpc) is 2.80. The summed E-state index contributed by atoms with van der Waals surface area (Å²) in [7, 11) is 1.61. The van der Waals surface area contributed by atoms with Crippen LogP contribution < -0.4 is 16.0 Å². The van der Waals surface area contributed by atoms with Crippen molar-refractivity contribution in [1.29, 1.82) is 0 Å². The van der Waals surface area contributed by atoms with Crippen molar-refractivity contribution in [3.8, 4) is 6.07 Å². The van der Waals surface area contributed by atoms with Crippen LogP contribution in [0.1, 0.15) is 33.2 Å². The molecule has 1 aliphatic rings. The van der Waals surface area contributed by atoms with Crippen molar-refractivity contribution < 1.29 is 4.79 Å². The molecule has 30 heavy (non-hydrogen) atoms. The molecule has 2 aromatic heterocycles. The molecule has 0 amide bonds. The molecule has 150 valence electrons. The van der Waals surface area contributed by atoms with Crippen LogP contribution >= 0.6 is 0 Å². The van der Waals surface area contributed by atoms with Crippen molar-refractivity contribution in [2.24, 2.45) is 0 Å². The number of nitrogens with zero attached hydrogens (tertiary/aromatic N) is 4. The maximum atomic E-state index is 13.2. The van der Waals surface area contributed by atoms with Gasteiger partial charge in [0.1, 0.15) is 22.9 Å². The number of pyridine rings is 2. The number of nitrogen functional groups attached to an aromatic ring is 1. The van der Waals surface area contributed by atoms with Gasteiger partial charge < -0.3 is 16.0 Å². The maximum absolute atomic E-state index is 13.2. The number of benzene rings is 1. The molecule has 7 heteroatoms. The summed E-state index contributed by atoms with van der Waals surface area (Å²) in [5.74, 6) is 0.633. The number of hydrogen-bond donors (Lipinski definition) is 2. The second kappa shape index (κ2) is 8.72. The van der Waals surface area contributed by atoms with Crippen LogP contribution in [0.2, 0.25) is 0 Å². The highest BCUT2D eigenvalue weighted by atomic mass is 16.1. The second-order valence-electron chi connectivity index (χ2n) is 7.03. The number of hydrogen-bond acceptors (Lipinski definition) is 6. The zero-order chi connectivity index (χ0) is 20.9. The van der Waals surface area contributed by atoms with Crippen LogP contribution in [-0.4, -0.2) is 42.4 Å². The molecule has 1 aromatic carbocycles. The lowest BCUT2D eigenvalue weighted by Gasteiger charge is -2.35. The van der Waals surface area contributed by atoms with Gasteiger partial charge in [-0.2, -0.15) is 0 Å². The zero-order valence-corrected chi connectivity index (χ0v) is 16.7. The second-order valence-corrected chi connectivity index (χ2v) is 7.03. The molecule has 7 nitrogen and oxygen atoms in total. The van der Waals surface area contributed by atoms with Gasteiger partial charge in [-0.25, -0.2) is 9.97 Å². The molecule has 0 radical (unpaired) electrons. The molecule has 1 fully saturated rings. The predicted molar refractivity (Wildman–Crippen MR) is 118 cm³/mol. The SMILES string of the molecule is C[N+]#Cc1ccc(N2CCNC(c3ccccc3)C2)nc1C(=O)c1cccnc1N. The van der Waals surface area contributed by atoms with Gasteiger partial charge in [-0.15, -0.1) is 0 Å². The molecule has 1 atom stereocenters. The number of rotatable bonds is 4. The highest BCUT2D eigenvalue weighted by Gasteiger charge is 2.25. The van der Waals surface area contributed by atoms with Crippen molar-refractivity contribution in [1.82, 2.24) is 15.3 Å². The van der Waals surface area contributed by atoms with E-state index in [1.807, 2.05) is 30.3 Å². The molecule has 3 aromatic rings. The van der Waals surface area contributed by atoms with Gasteiger partial charge in [-0.3, -0.25) is 4.79 Å². The Balaban J connectivity index is 1.68. The summed E-state index contributed by atoms with van der Waals surface area (Å²) in [6.45, 7) is 2.37. The smallest absolute Gasteiger partial charge is 0.313 e. The summed E-state index contributed by atoms with van der Waals surface area (Å²) in [4.78, 5) is 28.0. The Labute approximate surface area is 175 Å². The van der Waals surface area contributed by atoms with Crippen molar-refractivity contribution in [2.75, 3.05) is 37.3 Å². The van der Waals surface area contributed by atoms with E-state index in [0.29, 0.717) is 11.1 Å². The zero-order valence-electron chi connectivity index (χ0n) is 16.7. The first-order valence-corrected chi connectivity index (χ1v) is 9.81. The summed E-state index contributed by atoms with van der Waals surface area (Å²) in [6, 6.07) is 20.5. The van der Waals surface area contributed by atoms with Gasteiger partial charge in [0.2, 0.25) is 5.78 Å². The van der Waals surface area contributed by atoms with Gasteiger partial charge in [-0.1, -0.05) is 35.2 Å². The monoisotopic (exact) mass is 399 g/mol. The summed E-state index contributed by atoms with van der Waals surface area (Å²) in [5.41, 5.74) is 8.28. The van der Waals surface area contributed by atoms with E-state index in [2.05, 4.69) is 38.2 Å². The highest BCUT2D eigenvalue weighted by molar-refractivity contribution is 6.11. The molecule has 3 N–H and O–H groups in total. The van der Waals surface area contributed by atoms with E-state index in [-0.39, 0.29) is 23.3 Å². The number of anilines is 2. The van der Waals surface area contributed by atoms with Crippen LogP contribution in [0.15, 0.2) is 60.8 Å². The van der Waals surface area contributed by atoms with Crippen molar-refractivity contribution in [2.45, 2.75) is 6.04 Å². The number of aromatic nitrogens is 2. The Hall–Kier alpha value is -3.76. The van der Waals surface area contributed by atoms with E-state index in [1.165, 1.54) is 5.56 Å². The van der Waals surface area contributed by atoms with Crippen molar-refractivity contribution >= 4 is 17.4 Å². The number of nitrogens with two attached hydrogens (primary N) is 1. The van der Waals surface area contributed by atoms with E-state index in [0.717, 1.165) is 25.5 Å². The minimum Gasteiger partial charge on any atom is -0.383 e. The van der Waals surface area contributed by atoms with Gasteiger partial charge >= 0.3 is 6.07 Å². The largest absolute Gasteiger partial charge is 0.383 e. The average molecular weight is 399 g/mol. The molecule has 3 heterocycles. The quantitative estimate of drug-likeness (QED) is 0.656. The third kappa shape index (κ3) is 4.00. The fraction of sp³-hybridized carbons (Fsp3) is 0.217. The van der Waals surface area contributed by atoms with Crippen LogP contribution in [-0.2, 0) is 0 Å². The Morgan fingerprint density at radius 3 is 2.80 bits per heavy atom. The fourth-order valence-corrected chi connectivity index (χ4v) is 3.61. The van der Waals surface area contributed by atoms with Crippen LogP contribution in [0.3, 0.4) is 0 Å². The summed E-state index contributed by atoms with van der Waals surface area (Å²) in [6.07, 6.45) is 1.56. The number of ketones is 1. The van der Waals surface area contributed by atoms with E-state index in [9.17, 15) is 4.79 Å². The Kier molecular flexibility index (Phi) is 5.68. The van der Waals surface area contributed by atoms with E-state index < -0.39 is 0 Å². The minimum absolute atomic E-state index is 0.181. The first-order valence-electron chi connectivity index (χ1n) is 9.81. The third-order valence-electron chi connectivity index (χ3n) is 5.11. The normalized spacial score (nSPS) is 15.9. The summed E-state index contributed by atoms with van der Waals surface area (Å²) in [5, 5.41) is 3.55. The number of piperazine rings is 1. The van der Waals surface area contributed by atoms with Crippen LogP contribution in [0.25, 0.3) is 4.85 Å². The molecule has 1 unspecified atom stereocenters. The first-order chi connectivity index (χ1) is 14.7. The fourth-order valence-electron chi connectivity index (χ4n) is 3.61. The molecular formula is C23H23N6O+. The highest BCUT2D eigenvalue weighted by Crippen LogP contribution is 2.24. The van der Waals surface area contributed by atoms with E-state index in [1.54, 1.807) is 25.4 Å². The first kappa shape index (κ1) is 19.6.